The lowest BCUT2D eigenvalue weighted by molar-refractivity contribution is 1.19. The second-order valence-corrected chi connectivity index (χ2v) is 3.98. The number of rotatable bonds is 2. The Bertz CT molecular complexity index is 221. The van der Waals surface area contributed by atoms with Crippen molar-refractivity contribution in [2.75, 3.05) is 12.5 Å². The molecule has 0 aliphatic rings. The Hall–Kier alpha value is -0.0800. The summed E-state index contributed by atoms with van der Waals surface area (Å²) in [7, 11) is 0. The van der Waals surface area contributed by atoms with Gasteiger partial charge in [-0.3, -0.25) is 0 Å². The first kappa shape index (κ1) is 9.01. The predicted octanol–water partition coefficient (Wildman–Crippen LogP) is 3.44. The van der Waals surface area contributed by atoms with E-state index in [1.807, 2.05) is 23.5 Å². The van der Waals surface area contributed by atoms with Gasteiger partial charge in [0.1, 0.15) is 0 Å². The van der Waals surface area contributed by atoms with Crippen LogP contribution in [0.5, 0.6) is 0 Å². The largest absolute Gasteiger partial charge is 0.129 e. The first-order valence-corrected chi connectivity index (χ1v) is 5.92. The van der Waals surface area contributed by atoms with Crippen molar-refractivity contribution in [1.29, 1.82) is 0 Å². The normalized spacial score (nSPS) is 10.1. The average molecular weight is 184 g/mol. The third-order valence-electron chi connectivity index (χ3n) is 1.67. The van der Waals surface area contributed by atoms with E-state index in [4.69, 9.17) is 0 Å². The summed E-state index contributed by atoms with van der Waals surface area (Å²) < 4.78 is 0. The van der Waals surface area contributed by atoms with Crippen molar-refractivity contribution in [1.82, 2.24) is 0 Å². The Morgan fingerprint density at radius 3 is 1.82 bits per heavy atom. The van der Waals surface area contributed by atoms with Crippen molar-refractivity contribution in [2.24, 2.45) is 0 Å². The quantitative estimate of drug-likeness (QED) is 0.646. The van der Waals surface area contributed by atoms with Gasteiger partial charge in [0, 0.05) is 9.79 Å². The minimum Gasteiger partial charge on any atom is -0.129 e. The molecule has 0 bridgehead atoms. The van der Waals surface area contributed by atoms with Gasteiger partial charge in [-0.05, 0) is 37.1 Å². The van der Waals surface area contributed by atoms with E-state index in [2.05, 4.69) is 37.6 Å². The molecular weight excluding hydrogens is 172 g/mol. The number of hydrogen-bond donors (Lipinski definition) is 0. The highest BCUT2D eigenvalue weighted by Gasteiger charge is 1.99. The van der Waals surface area contributed by atoms with E-state index in [0.29, 0.717) is 0 Å². The van der Waals surface area contributed by atoms with Crippen molar-refractivity contribution in [3.8, 4) is 0 Å². The van der Waals surface area contributed by atoms with E-state index in [1.54, 1.807) is 0 Å². The van der Waals surface area contributed by atoms with Gasteiger partial charge in [-0.2, -0.15) is 0 Å². The second-order valence-electron chi connectivity index (χ2n) is 2.29. The van der Waals surface area contributed by atoms with Crippen LogP contribution in [0.3, 0.4) is 0 Å². The molecule has 0 heterocycles. The Morgan fingerprint density at radius 1 is 1.00 bits per heavy atom. The van der Waals surface area contributed by atoms with E-state index >= 15 is 0 Å². The zero-order valence-corrected chi connectivity index (χ0v) is 8.68. The highest BCUT2D eigenvalue weighted by molar-refractivity contribution is 7.99. The summed E-state index contributed by atoms with van der Waals surface area (Å²) in [6.45, 7) is 2.18. The maximum atomic E-state index is 2.18. The average Bonchev–Trinajstić information content (AvgIpc) is 2.05. The monoisotopic (exact) mass is 184 g/mol. The molecule has 1 aromatic rings. The molecule has 11 heavy (non-hydrogen) atoms. The maximum Gasteiger partial charge on any atom is 0.0109 e. The molecule has 0 aromatic heterocycles. The first-order chi connectivity index (χ1) is 5.29. The number of benzene rings is 1. The lowest BCUT2D eigenvalue weighted by Gasteiger charge is -2.05. The fourth-order valence-corrected chi connectivity index (χ4v) is 2.36. The van der Waals surface area contributed by atoms with E-state index in [-0.39, 0.29) is 0 Å². The summed E-state index contributed by atoms with van der Waals surface area (Å²) in [5, 5.41) is 0. The Labute approximate surface area is 76.8 Å². The summed E-state index contributed by atoms with van der Waals surface area (Å²) in [5.41, 5.74) is 1.41. The molecule has 0 atom stereocenters. The molecule has 0 aliphatic heterocycles. The van der Waals surface area contributed by atoms with Gasteiger partial charge >= 0.3 is 0 Å². The number of hydrogen-bond acceptors (Lipinski definition) is 2. The maximum absolute atomic E-state index is 2.18. The summed E-state index contributed by atoms with van der Waals surface area (Å²) in [6.07, 6.45) is 4.24. The molecule has 0 spiro atoms. The first-order valence-electron chi connectivity index (χ1n) is 3.47. The SMILES string of the molecule is CSc1cccc(SC)c1C. The van der Waals surface area contributed by atoms with Crippen LogP contribution >= 0.6 is 23.5 Å². The van der Waals surface area contributed by atoms with Crippen LogP contribution in [0.1, 0.15) is 5.56 Å². The molecule has 0 amide bonds. The smallest absolute Gasteiger partial charge is 0.0109 e. The van der Waals surface area contributed by atoms with Crippen LogP contribution in [0, 0.1) is 6.92 Å². The van der Waals surface area contributed by atoms with E-state index in [0.717, 1.165) is 0 Å². The van der Waals surface area contributed by atoms with Crippen LogP contribution in [0.15, 0.2) is 28.0 Å². The van der Waals surface area contributed by atoms with Crippen LogP contribution in [0.25, 0.3) is 0 Å². The molecule has 1 aromatic carbocycles. The third-order valence-corrected chi connectivity index (χ3v) is 3.44. The van der Waals surface area contributed by atoms with Gasteiger partial charge in [-0.1, -0.05) is 6.07 Å². The number of thioether (sulfide) groups is 2. The molecular formula is C9H12S2. The van der Waals surface area contributed by atoms with Gasteiger partial charge < -0.3 is 0 Å². The topological polar surface area (TPSA) is 0 Å². The van der Waals surface area contributed by atoms with E-state index in [1.165, 1.54) is 15.4 Å². The molecule has 0 nitrogen and oxygen atoms in total. The third kappa shape index (κ3) is 1.94. The zero-order valence-electron chi connectivity index (χ0n) is 7.05. The lowest BCUT2D eigenvalue weighted by atomic mass is 10.2. The van der Waals surface area contributed by atoms with Crippen molar-refractivity contribution < 1.29 is 0 Å². The Kier molecular flexibility index (Phi) is 3.34. The molecule has 1 rings (SSSR count). The Balaban J connectivity index is 3.10. The molecule has 0 saturated heterocycles. The van der Waals surface area contributed by atoms with Gasteiger partial charge in [-0.15, -0.1) is 23.5 Å². The summed E-state index contributed by atoms with van der Waals surface area (Å²) >= 11 is 3.62. The van der Waals surface area contributed by atoms with Gasteiger partial charge in [-0.25, -0.2) is 0 Å². The fourth-order valence-electron chi connectivity index (χ4n) is 1.04. The predicted molar refractivity (Wildman–Crippen MR) is 54.7 cm³/mol. The van der Waals surface area contributed by atoms with Crippen LogP contribution < -0.4 is 0 Å². The minimum absolute atomic E-state index is 1.39. The minimum atomic E-state index is 1.39. The van der Waals surface area contributed by atoms with Crippen molar-refractivity contribution in [3.63, 3.8) is 0 Å². The molecule has 0 unspecified atom stereocenters. The fraction of sp³-hybridized carbons (Fsp3) is 0.333. The molecule has 60 valence electrons. The summed E-state index contributed by atoms with van der Waals surface area (Å²) in [5.74, 6) is 0. The van der Waals surface area contributed by atoms with Crippen LogP contribution in [0.2, 0.25) is 0 Å². The summed E-state index contributed by atoms with van der Waals surface area (Å²) in [6, 6.07) is 6.45. The second kappa shape index (κ2) is 4.07. The molecule has 0 fully saturated rings. The Morgan fingerprint density at radius 2 is 1.45 bits per heavy atom. The molecule has 0 saturated carbocycles. The molecule has 0 radical (unpaired) electrons. The van der Waals surface area contributed by atoms with Gasteiger partial charge in [0.15, 0.2) is 0 Å². The van der Waals surface area contributed by atoms with Crippen LogP contribution in [-0.2, 0) is 0 Å². The standard InChI is InChI=1S/C9H12S2/c1-7-8(10-2)5-4-6-9(7)11-3/h4-6H,1-3H3. The van der Waals surface area contributed by atoms with Crippen LogP contribution in [0.4, 0.5) is 0 Å². The molecule has 2 heteroatoms. The van der Waals surface area contributed by atoms with Gasteiger partial charge in [0.05, 0.1) is 0 Å². The zero-order chi connectivity index (χ0) is 8.27. The van der Waals surface area contributed by atoms with Crippen molar-refractivity contribution >= 4 is 23.5 Å². The summed E-state index contributed by atoms with van der Waals surface area (Å²) in [4.78, 5) is 2.77. The van der Waals surface area contributed by atoms with Crippen LogP contribution in [-0.4, -0.2) is 12.5 Å². The van der Waals surface area contributed by atoms with E-state index in [9.17, 15) is 0 Å². The molecule has 0 N–H and O–H groups in total. The van der Waals surface area contributed by atoms with Crippen molar-refractivity contribution in [3.05, 3.63) is 23.8 Å². The molecule has 0 aliphatic carbocycles. The van der Waals surface area contributed by atoms with Gasteiger partial charge in [0.25, 0.3) is 0 Å². The van der Waals surface area contributed by atoms with E-state index < -0.39 is 0 Å². The van der Waals surface area contributed by atoms with Gasteiger partial charge in [0.2, 0.25) is 0 Å². The van der Waals surface area contributed by atoms with Crippen molar-refractivity contribution in [2.45, 2.75) is 16.7 Å². The highest BCUT2D eigenvalue weighted by Crippen LogP contribution is 2.27. The lowest BCUT2D eigenvalue weighted by Crippen LogP contribution is -1.81. The highest BCUT2D eigenvalue weighted by atomic mass is 32.2.